The van der Waals surface area contributed by atoms with Crippen LogP contribution in [-0.4, -0.2) is 55.8 Å². The molecule has 1 aliphatic heterocycles. The molecule has 1 heterocycles. The summed E-state index contributed by atoms with van der Waals surface area (Å²) in [6.45, 7) is 5.36. The maximum Gasteiger partial charge on any atom is 0.401 e. The highest BCUT2D eigenvalue weighted by Crippen LogP contribution is 2.19. The van der Waals surface area contributed by atoms with Crippen LogP contribution >= 0.6 is 24.0 Å². The van der Waals surface area contributed by atoms with Gasteiger partial charge in [-0.15, -0.1) is 24.0 Å². The number of nitrogens with zero attached hydrogens (tertiary/aromatic N) is 2. The van der Waals surface area contributed by atoms with Crippen LogP contribution in [0, 0.1) is 0 Å². The normalized spacial score (nSPS) is 20.2. The van der Waals surface area contributed by atoms with Crippen LogP contribution in [0.3, 0.4) is 0 Å². The molecule has 130 valence electrons. The van der Waals surface area contributed by atoms with E-state index in [-0.39, 0.29) is 30.0 Å². The Kier molecular flexibility index (Phi) is 10.8. The minimum absolute atomic E-state index is 0. The van der Waals surface area contributed by atoms with Crippen LogP contribution in [0.25, 0.3) is 0 Å². The van der Waals surface area contributed by atoms with E-state index < -0.39 is 12.7 Å². The van der Waals surface area contributed by atoms with Crippen molar-refractivity contribution in [3.05, 3.63) is 12.2 Å². The van der Waals surface area contributed by atoms with Gasteiger partial charge in [-0.05, 0) is 26.7 Å². The van der Waals surface area contributed by atoms with Gasteiger partial charge < -0.3 is 10.6 Å². The zero-order valence-corrected chi connectivity index (χ0v) is 15.4. The number of alkyl halides is 3. The predicted molar refractivity (Wildman–Crippen MR) is 94.9 cm³/mol. The molecule has 0 saturated carbocycles. The number of allylic oxidation sites excluding steroid dienone is 1. The maximum atomic E-state index is 12.4. The lowest BCUT2D eigenvalue weighted by Gasteiger charge is -2.19. The fourth-order valence-corrected chi connectivity index (χ4v) is 2.28. The summed E-state index contributed by atoms with van der Waals surface area (Å²) in [6.07, 6.45) is 1.45. The van der Waals surface area contributed by atoms with E-state index in [0.29, 0.717) is 32.0 Å². The second-order valence-electron chi connectivity index (χ2n) is 5.10. The van der Waals surface area contributed by atoms with Gasteiger partial charge in [0.05, 0.1) is 6.54 Å². The summed E-state index contributed by atoms with van der Waals surface area (Å²) in [5.41, 5.74) is 0. The third-order valence-electron chi connectivity index (χ3n) is 3.16. The molecule has 0 radical (unpaired) electrons. The van der Waals surface area contributed by atoms with Gasteiger partial charge in [0, 0.05) is 32.2 Å². The highest BCUT2D eigenvalue weighted by atomic mass is 127. The second kappa shape index (κ2) is 11.1. The van der Waals surface area contributed by atoms with Crippen LogP contribution in [-0.2, 0) is 0 Å². The molecule has 0 bridgehead atoms. The summed E-state index contributed by atoms with van der Waals surface area (Å²) in [7, 11) is 0. The van der Waals surface area contributed by atoms with E-state index in [4.69, 9.17) is 0 Å². The number of hydrogen-bond acceptors (Lipinski definition) is 2. The van der Waals surface area contributed by atoms with E-state index in [9.17, 15) is 13.2 Å². The van der Waals surface area contributed by atoms with Gasteiger partial charge in [0.2, 0.25) is 0 Å². The van der Waals surface area contributed by atoms with E-state index in [1.807, 2.05) is 26.0 Å². The van der Waals surface area contributed by atoms with Crippen molar-refractivity contribution < 1.29 is 13.2 Å². The minimum atomic E-state index is -4.13. The van der Waals surface area contributed by atoms with Crippen molar-refractivity contribution in [2.45, 2.75) is 38.9 Å². The van der Waals surface area contributed by atoms with Gasteiger partial charge >= 0.3 is 6.18 Å². The zero-order valence-electron chi connectivity index (χ0n) is 13.1. The quantitative estimate of drug-likeness (QED) is 0.222. The molecule has 1 atom stereocenters. The third-order valence-corrected chi connectivity index (χ3v) is 3.16. The Morgan fingerprint density at radius 1 is 1.41 bits per heavy atom. The number of aliphatic imine (C=N–C) groups is 1. The fraction of sp³-hybridized carbons (Fsp3) is 0.786. The Bertz CT molecular complexity index is 358. The highest BCUT2D eigenvalue weighted by Gasteiger charge is 2.34. The Hall–Kier alpha value is -0.510. The topological polar surface area (TPSA) is 39.7 Å². The number of hydrogen-bond donors (Lipinski definition) is 2. The Morgan fingerprint density at radius 3 is 2.73 bits per heavy atom. The molecule has 0 aromatic carbocycles. The van der Waals surface area contributed by atoms with E-state index in [2.05, 4.69) is 15.6 Å². The van der Waals surface area contributed by atoms with Gasteiger partial charge in [-0.3, -0.25) is 9.89 Å². The number of guanidine groups is 1. The molecule has 4 nitrogen and oxygen atoms in total. The first-order valence-electron chi connectivity index (χ1n) is 7.39. The largest absolute Gasteiger partial charge is 0.401 e. The summed E-state index contributed by atoms with van der Waals surface area (Å²) in [4.78, 5) is 5.85. The van der Waals surface area contributed by atoms with Crippen LogP contribution in [0.5, 0.6) is 0 Å². The first-order chi connectivity index (χ1) is 9.94. The molecule has 22 heavy (non-hydrogen) atoms. The first kappa shape index (κ1) is 21.5. The lowest BCUT2D eigenvalue weighted by atomic mass is 10.3. The molecule has 2 N–H and O–H groups in total. The molecule has 8 heteroatoms. The Labute approximate surface area is 147 Å². The third kappa shape index (κ3) is 9.50. The van der Waals surface area contributed by atoms with Crippen LogP contribution in [0.1, 0.15) is 26.7 Å². The summed E-state index contributed by atoms with van der Waals surface area (Å²) in [5.74, 6) is 0.681. The standard InChI is InChI=1S/C14H25F3N4.HI/c1-3-5-6-8-19-13(18-4-2)20-12-7-9-21(10-12)11-14(15,16)17;/h3,5,12H,4,6-11H2,1-2H3,(H2,18,19,20);1H/b5-3+;. The zero-order chi connectivity index (χ0) is 15.7. The van der Waals surface area contributed by atoms with Crippen molar-refractivity contribution in [1.82, 2.24) is 15.5 Å². The predicted octanol–water partition coefficient (Wildman–Crippen LogP) is 2.76. The molecule has 0 amide bonds. The van der Waals surface area contributed by atoms with Crippen LogP contribution in [0.15, 0.2) is 17.1 Å². The maximum absolute atomic E-state index is 12.4. The monoisotopic (exact) mass is 434 g/mol. The fourth-order valence-electron chi connectivity index (χ4n) is 2.28. The molecule has 0 aliphatic carbocycles. The second-order valence-corrected chi connectivity index (χ2v) is 5.10. The molecule has 1 saturated heterocycles. The lowest BCUT2D eigenvalue weighted by molar-refractivity contribution is -0.143. The number of likely N-dealkylation sites (tertiary alicyclic amines) is 1. The average Bonchev–Trinajstić information content (AvgIpc) is 2.79. The number of rotatable bonds is 6. The minimum Gasteiger partial charge on any atom is -0.357 e. The highest BCUT2D eigenvalue weighted by molar-refractivity contribution is 14.0. The number of halogens is 4. The van der Waals surface area contributed by atoms with Crippen LogP contribution < -0.4 is 10.6 Å². The average molecular weight is 434 g/mol. The van der Waals surface area contributed by atoms with E-state index >= 15 is 0 Å². The summed E-state index contributed by atoms with van der Waals surface area (Å²) < 4.78 is 37.1. The van der Waals surface area contributed by atoms with Gasteiger partial charge in [-0.1, -0.05) is 12.2 Å². The van der Waals surface area contributed by atoms with Crippen LogP contribution in [0.2, 0.25) is 0 Å². The van der Waals surface area contributed by atoms with Crippen molar-refractivity contribution in [1.29, 1.82) is 0 Å². The van der Waals surface area contributed by atoms with Gasteiger partial charge in [0.15, 0.2) is 5.96 Å². The van der Waals surface area contributed by atoms with Crippen molar-refractivity contribution in [3.8, 4) is 0 Å². The molecule has 1 unspecified atom stereocenters. The van der Waals surface area contributed by atoms with E-state index in [0.717, 1.165) is 13.0 Å². The SMILES string of the molecule is C/C=C/CCN=C(NCC)NC1CCN(CC(F)(F)F)C1.I. The van der Waals surface area contributed by atoms with Gasteiger partial charge in [-0.25, -0.2) is 0 Å². The summed E-state index contributed by atoms with van der Waals surface area (Å²) in [6, 6.07) is 0.0202. The Morgan fingerprint density at radius 2 is 2.14 bits per heavy atom. The molecule has 1 fully saturated rings. The molecule has 0 aromatic rings. The molecule has 0 aromatic heterocycles. The van der Waals surface area contributed by atoms with Crippen LogP contribution in [0.4, 0.5) is 13.2 Å². The van der Waals surface area contributed by atoms with Gasteiger partial charge in [-0.2, -0.15) is 13.2 Å². The first-order valence-corrected chi connectivity index (χ1v) is 7.39. The number of nitrogens with one attached hydrogen (secondary N) is 2. The van der Waals surface area contributed by atoms with Gasteiger partial charge in [0.1, 0.15) is 0 Å². The molecular formula is C14H26F3IN4. The summed E-state index contributed by atoms with van der Waals surface area (Å²) >= 11 is 0. The summed E-state index contributed by atoms with van der Waals surface area (Å²) in [5, 5.41) is 6.34. The molecular weight excluding hydrogens is 408 g/mol. The smallest absolute Gasteiger partial charge is 0.357 e. The lowest BCUT2D eigenvalue weighted by Crippen LogP contribution is -2.45. The van der Waals surface area contributed by atoms with Crippen molar-refractivity contribution in [2.24, 2.45) is 4.99 Å². The van der Waals surface area contributed by atoms with E-state index in [1.165, 1.54) is 4.90 Å². The van der Waals surface area contributed by atoms with Crippen molar-refractivity contribution in [2.75, 3.05) is 32.7 Å². The molecule has 0 spiro atoms. The molecule has 1 aliphatic rings. The van der Waals surface area contributed by atoms with Crippen molar-refractivity contribution in [3.63, 3.8) is 0 Å². The van der Waals surface area contributed by atoms with E-state index in [1.54, 1.807) is 0 Å². The Balaban J connectivity index is 0.00000441. The van der Waals surface area contributed by atoms with Crippen molar-refractivity contribution >= 4 is 29.9 Å². The van der Waals surface area contributed by atoms with Gasteiger partial charge in [0.25, 0.3) is 0 Å². The molecule has 1 rings (SSSR count).